The highest BCUT2D eigenvalue weighted by Gasteiger charge is 2.03. The van der Waals surface area contributed by atoms with Crippen LogP contribution in [-0.2, 0) is 4.79 Å². The Labute approximate surface area is 69.5 Å². The number of hydrogen-bond acceptors (Lipinski definition) is 4. The largest absolute Gasteiger partial charge is 0.545 e. The van der Waals surface area contributed by atoms with Gasteiger partial charge in [-0.25, -0.2) is 0 Å². The van der Waals surface area contributed by atoms with E-state index in [1.54, 1.807) is 13.8 Å². The van der Waals surface area contributed by atoms with Crippen molar-refractivity contribution in [1.82, 2.24) is 5.16 Å². The Balaban J connectivity index is 2.95. The van der Waals surface area contributed by atoms with Gasteiger partial charge in [-0.15, -0.1) is 0 Å². The Kier molecular flexibility index (Phi) is 2.28. The first kappa shape index (κ1) is 8.52. The maximum atomic E-state index is 10.1. The van der Waals surface area contributed by atoms with E-state index in [2.05, 4.69) is 5.16 Å². The number of carboxylic acids is 1. The minimum absolute atomic E-state index is 0.602. The molecule has 4 heteroatoms. The molecule has 0 saturated heterocycles. The molecule has 0 fully saturated rings. The van der Waals surface area contributed by atoms with Gasteiger partial charge >= 0.3 is 0 Å². The zero-order valence-corrected chi connectivity index (χ0v) is 6.83. The summed E-state index contributed by atoms with van der Waals surface area (Å²) in [4.78, 5) is 10.1. The topological polar surface area (TPSA) is 66.2 Å². The van der Waals surface area contributed by atoms with Gasteiger partial charge in [-0.3, -0.25) is 0 Å². The Bertz CT molecular complexity index is 306. The molecular formula is C8H8NO3-. The van der Waals surface area contributed by atoms with E-state index in [1.807, 2.05) is 0 Å². The predicted molar refractivity (Wildman–Crippen MR) is 40.0 cm³/mol. The van der Waals surface area contributed by atoms with Gasteiger partial charge in [0.1, 0.15) is 5.76 Å². The Morgan fingerprint density at radius 1 is 1.58 bits per heavy atom. The van der Waals surface area contributed by atoms with Gasteiger partial charge in [0.05, 0.1) is 11.7 Å². The lowest BCUT2D eigenvalue weighted by molar-refractivity contribution is -0.297. The summed E-state index contributed by atoms with van der Waals surface area (Å²) < 4.78 is 4.81. The molecule has 64 valence electrons. The molecule has 0 aliphatic heterocycles. The maximum absolute atomic E-state index is 10.1. The number of carbonyl (C=O) groups is 1. The number of rotatable bonds is 2. The molecule has 0 amide bonds. The van der Waals surface area contributed by atoms with Crippen LogP contribution in [0.4, 0.5) is 0 Å². The highest BCUT2D eigenvalue weighted by atomic mass is 16.5. The summed E-state index contributed by atoms with van der Waals surface area (Å²) in [7, 11) is 0. The smallest absolute Gasteiger partial charge is 0.141 e. The second-order valence-electron chi connectivity index (χ2n) is 2.39. The third-order valence-corrected chi connectivity index (χ3v) is 1.47. The first-order chi connectivity index (χ1) is 5.61. The van der Waals surface area contributed by atoms with Crippen molar-refractivity contribution in [3.63, 3.8) is 0 Å². The number of carbonyl (C=O) groups excluding carboxylic acids is 1. The van der Waals surface area contributed by atoms with Crippen LogP contribution < -0.4 is 5.11 Å². The number of aryl methyl sites for hydroxylation is 2. The van der Waals surface area contributed by atoms with Crippen LogP contribution in [0.15, 0.2) is 10.6 Å². The van der Waals surface area contributed by atoms with Crippen LogP contribution in [0.2, 0.25) is 0 Å². The zero-order valence-electron chi connectivity index (χ0n) is 6.83. The normalized spacial score (nSPS) is 10.8. The fourth-order valence-electron chi connectivity index (χ4n) is 0.879. The molecule has 1 aromatic rings. The highest BCUT2D eigenvalue weighted by molar-refractivity contribution is 5.83. The summed E-state index contributed by atoms with van der Waals surface area (Å²) in [5.74, 6) is -0.625. The molecule has 0 N–H and O–H groups in total. The van der Waals surface area contributed by atoms with Crippen molar-refractivity contribution >= 4 is 12.0 Å². The second-order valence-corrected chi connectivity index (χ2v) is 2.39. The molecule has 4 nitrogen and oxygen atoms in total. The fourth-order valence-corrected chi connectivity index (χ4v) is 0.879. The number of aromatic nitrogens is 1. The molecule has 1 aromatic heterocycles. The van der Waals surface area contributed by atoms with Crippen molar-refractivity contribution in [1.29, 1.82) is 0 Å². The Hall–Kier alpha value is -1.58. The lowest BCUT2D eigenvalue weighted by Crippen LogP contribution is -2.18. The highest BCUT2D eigenvalue weighted by Crippen LogP contribution is 2.13. The van der Waals surface area contributed by atoms with E-state index in [9.17, 15) is 9.90 Å². The van der Waals surface area contributed by atoms with Gasteiger partial charge in [0.25, 0.3) is 0 Å². The Morgan fingerprint density at radius 2 is 2.25 bits per heavy atom. The van der Waals surface area contributed by atoms with Crippen molar-refractivity contribution in [2.75, 3.05) is 0 Å². The van der Waals surface area contributed by atoms with Crippen LogP contribution in [0.5, 0.6) is 0 Å². The molecule has 0 aromatic carbocycles. The van der Waals surface area contributed by atoms with Crippen LogP contribution >= 0.6 is 0 Å². The van der Waals surface area contributed by atoms with E-state index >= 15 is 0 Å². The summed E-state index contributed by atoms with van der Waals surface area (Å²) in [5.41, 5.74) is 1.37. The second kappa shape index (κ2) is 3.21. The maximum Gasteiger partial charge on any atom is 0.141 e. The monoisotopic (exact) mass is 166 g/mol. The van der Waals surface area contributed by atoms with Crippen molar-refractivity contribution < 1.29 is 14.4 Å². The molecular weight excluding hydrogens is 158 g/mol. The van der Waals surface area contributed by atoms with Crippen LogP contribution in [0, 0.1) is 13.8 Å². The number of hydrogen-bond donors (Lipinski definition) is 0. The summed E-state index contributed by atoms with van der Waals surface area (Å²) in [6, 6.07) is 0. The molecule has 0 saturated carbocycles. The van der Waals surface area contributed by atoms with Crippen molar-refractivity contribution in [3.8, 4) is 0 Å². The zero-order chi connectivity index (χ0) is 9.14. The number of aliphatic carboxylic acids is 1. The van der Waals surface area contributed by atoms with Crippen LogP contribution in [0.1, 0.15) is 17.0 Å². The van der Waals surface area contributed by atoms with Crippen molar-refractivity contribution in [2.24, 2.45) is 0 Å². The summed E-state index contributed by atoms with van der Waals surface area (Å²) >= 11 is 0. The van der Waals surface area contributed by atoms with E-state index < -0.39 is 5.97 Å². The molecule has 0 aliphatic rings. The van der Waals surface area contributed by atoms with E-state index in [0.29, 0.717) is 17.0 Å². The minimum atomic E-state index is -1.23. The Morgan fingerprint density at radius 3 is 2.67 bits per heavy atom. The van der Waals surface area contributed by atoms with E-state index in [1.165, 1.54) is 6.08 Å². The first-order valence-electron chi connectivity index (χ1n) is 3.43. The van der Waals surface area contributed by atoms with Gasteiger partial charge in [0, 0.05) is 5.56 Å². The molecule has 0 spiro atoms. The standard InChI is InChI=1S/C8H9NO3/c1-5-7(3-4-8(10)11)6(2)12-9-5/h3-4H,1-2H3,(H,10,11)/p-1/b4-3+. The molecule has 1 heterocycles. The van der Waals surface area contributed by atoms with E-state index in [4.69, 9.17) is 4.52 Å². The van der Waals surface area contributed by atoms with Gasteiger partial charge < -0.3 is 14.4 Å². The fraction of sp³-hybridized carbons (Fsp3) is 0.250. The molecule has 0 unspecified atom stereocenters. The van der Waals surface area contributed by atoms with Crippen molar-refractivity contribution in [2.45, 2.75) is 13.8 Å². The van der Waals surface area contributed by atoms with Crippen molar-refractivity contribution in [3.05, 3.63) is 23.1 Å². The summed E-state index contributed by atoms with van der Waals surface area (Å²) in [5, 5.41) is 13.7. The number of carboxylic acid groups (broad SMARTS) is 1. The number of nitrogens with zero attached hydrogens (tertiary/aromatic N) is 1. The summed E-state index contributed by atoms with van der Waals surface area (Å²) in [6.45, 7) is 3.46. The van der Waals surface area contributed by atoms with Gasteiger partial charge in [0.15, 0.2) is 0 Å². The molecule has 0 bridgehead atoms. The van der Waals surface area contributed by atoms with Gasteiger partial charge in [-0.1, -0.05) is 5.16 Å². The first-order valence-corrected chi connectivity index (χ1v) is 3.43. The lowest BCUT2D eigenvalue weighted by Gasteiger charge is -1.91. The van der Waals surface area contributed by atoms with Gasteiger partial charge in [0.2, 0.25) is 0 Å². The van der Waals surface area contributed by atoms with Crippen LogP contribution in [0.3, 0.4) is 0 Å². The van der Waals surface area contributed by atoms with Gasteiger partial charge in [-0.05, 0) is 26.0 Å². The SMILES string of the molecule is Cc1noc(C)c1/C=C/C(=O)[O-]. The predicted octanol–water partition coefficient (Wildman–Crippen LogP) is 0.0545. The van der Waals surface area contributed by atoms with Crippen LogP contribution in [-0.4, -0.2) is 11.1 Å². The average molecular weight is 166 g/mol. The molecule has 0 atom stereocenters. The lowest BCUT2D eigenvalue weighted by atomic mass is 10.2. The van der Waals surface area contributed by atoms with Crippen LogP contribution in [0.25, 0.3) is 6.08 Å². The third kappa shape index (κ3) is 1.72. The minimum Gasteiger partial charge on any atom is -0.545 e. The molecule has 0 radical (unpaired) electrons. The quantitative estimate of drug-likeness (QED) is 0.582. The molecule has 0 aliphatic carbocycles. The summed E-state index contributed by atoms with van der Waals surface area (Å²) in [6.07, 6.45) is 2.36. The van der Waals surface area contributed by atoms with E-state index in [0.717, 1.165) is 6.08 Å². The van der Waals surface area contributed by atoms with Gasteiger partial charge in [-0.2, -0.15) is 0 Å². The molecule has 12 heavy (non-hydrogen) atoms. The van der Waals surface area contributed by atoms with E-state index in [-0.39, 0.29) is 0 Å². The third-order valence-electron chi connectivity index (χ3n) is 1.47. The molecule has 1 rings (SSSR count). The average Bonchev–Trinajstić information content (AvgIpc) is 2.28.